The topological polar surface area (TPSA) is 20.6 Å². The number of rotatable bonds is 7. The van der Waals surface area contributed by atoms with Crippen LogP contribution < -0.4 is 9.64 Å². The van der Waals surface area contributed by atoms with E-state index in [4.69, 9.17) is 11.6 Å². The molecule has 0 N–H and O–H groups in total. The molecule has 0 bridgehead atoms. The van der Waals surface area contributed by atoms with E-state index in [1.807, 2.05) is 12.1 Å². The van der Waals surface area contributed by atoms with Gasteiger partial charge in [-0.05, 0) is 105 Å². The fraction of sp³-hybridized carbons (Fsp3) is 0.394. The van der Waals surface area contributed by atoms with Gasteiger partial charge in [0.15, 0.2) is 0 Å². The van der Waals surface area contributed by atoms with E-state index < -0.39 is 6.36 Å². The number of hydrogen-bond donors (Lipinski definition) is 0. The van der Waals surface area contributed by atoms with E-state index in [0.717, 1.165) is 68.2 Å². The third-order valence-electron chi connectivity index (χ3n) is 8.47. The van der Waals surface area contributed by atoms with E-state index in [9.17, 15) is 13.2 Å². The monoisotopic (exact) mass is 581 g/mol. The van der Waals surface area contributed by atoms with Crippen molar-refractivity contribution in [2.75, 3.05) is 31.1 Å². The van der Waals surface area contributed by atoms with Crippen LogP contribution in [-0.2, 0) is 13.0 Å². The second-order valence-corrected chi connectivity index (χ2v) is 11.7. The Morgan fingerprint density at radius 1 is 0.854 bits per heavy atom. The molecule has 0 saturated carbocycles. The van der Waals surface area contributed by atoms with Gasteiger partial charge in [0.2, 0.25) is 0 Å². The zero-order valence-electron chi connectivity index (χ0n) is 23.0. The Morgan fingerprint density at radius 3 is 2.29 bits per heavy atom. The molecule has 0 aliphatic carbocycles. The number of ether oxygens (including phenoxy) is 1. The van der Waals surface area contributed by atoms with Crippen LogP contribution in [0.1, 0.15) is 43.2 Å². The number of piperidine rings is 2. The number of benzene rings is 3. The van der Waals surface area contributed by atoms with Crippen molar-refractivity contribution < 1.29 is 17.9 Å². The summed E-state index contributed by atoms with van der Waals surface area (Å²) in [6.07, 6.45) is 4.33. The molecule has 3 aromatic carbocycles. The smallest absolute Gasteiger partial charge is 0.406 e. The Balaban J connectivity index is 1.22. The van der Waals surface area contributed by atoms with E-state index >= 15 is 0 Å². The highest BCUT2D eigenvalue weighted by atomic mass is 35.5. The number of anilines is 1. The summed E-state index contributed by atoms with van der Waals surface area (Å²) in [6.45, 7) is 5.00. The van der Waals surface area contributed by atoms with Gasteiger partial charge in [-0.25, -0.2) is 0 Å². The van der Waals surface area contributed by atoms with Gasteiger partial charge >= 0.3 is 6.36 Å². The lowest BCUT2D eigenvalue weighted by molar-refractivity contribution is -0.274. The van der Waals surface area contributed by atoms with Crippen molar-refractivity contribution in [3.05, 3.63) is 89.1 Å². The molecule has 2 aliphatic heterocycles. The molecule has 8 heteroatoms. The van der Waals surface area contributed by atoms with Crippen LogP contribution in [0.2, 0.25) is 5.02 Å². The number of halogens is 4. The fourth-order valence-corrected chi connectivity index (χ4v) is 6.56. The summed E-state index contributed by atoms with van der Waals surface area (Å²) in [5, 5.41) is 2.03. The van der Waals surface area contributed by atoms with Crippen LogP contribution in [0.4, 0.5) is 18.9 Å². The summed E-state index contributed by atoms with van der Waals surface area (Å²) in [7, 11) is 0. The van der Waals surface area contributed by atoms with Crippen molar-refractivity contribution in [1.29, 1.82) is 0 Å². The van der Waals surface area contributed by atoms with Gasteiger partial charge in [0.05, 0.1) is 11.2 Å². The van der Waals surface area contributed by atoms with Gasteiger partial charge in [-0.15, -0.1) is 13.2 Å². The van der Waals surface area contributed by atoms with E-state index in [-0.39, 0.29) is 5.75 Å². The van der Waals surface area contributed by atoms with Crippen molar-refractivity contribution in [3.8, 4) is 11.4 Å². The van der Waals surface area contributed by atoms with Crippen LogP contribution in [0.3, 0.4) is 0 Å². The summed E-state index contributed by atoms with van der Waals surface area (Å²) < 4.78 is 44.3. The van der Waals surface area contributed by atoms with Crippen LogP contribution in [0.15, 0.2) is 72.9 Å². The maximum absolute atomic E-state index is 12.7. The molecule has 0 amide bonds. The number of aromatic nitrogens is 1. The van der Waals surface area contributed by atoms with Gasteiger partial charge in [-0.2, -0.15) is 0 Å². The number of likely N-dealkylation sites (tertiary alicyclic amines) is 1. The zero-order chi connectivity index (χ0) is 28.4. The minimum Gasteiger partial charge on any atom is -0.406 e. The first kappa shape index (κ1) is 28.0. The van der Waals surface area contributed by atoms with Gasteiger partial charge in [-0.1, -0.05) is 41.9 Å². The molecule has 1 aromatic heterocycles. The molecule has 41 heavy (non-hydrogen) atoms. The minimum atomic E-state index is -4.71. The van der Waals surface area contributed by atoms with Crippen LogP contribution in [0, 0.1) is 5.92 Å². The SMILES string of the molecule is FC(F)(F)Oc1ccc(-n2cc(N3CCCCC3)c3ccc(CN4CCC(Cc5ccccc5Cl)CC4)cc32)cc1. The minimum absolute atomic E-state index is 0.215. The molecule has 2 saturated heterocycles. The van der Waals surface area contributed by atoms with Crippen molar-refractivity contribution in [2.24, 2.45) is 5.92 Å². The average molecular weight is 582 g/mol. The Hall–Kier alpha value is -3.16. The summed E-state index contributed by atoms with van der Waals surface area (Å²) in [4.78, 5) is 4.96. The van der Waals surface area contributed by atoms with Gasteiger partial charge in [0.25, 0.3) is 0 Å². The number of fused-ring (bicyclic) bond motifs is 1. The van der Waals surface area contributed by atoms with Crippen molar-refractivity contribution in [3.63, 3.8) is 0 Å². The molecule has 2 aliphatic rings. The summed E-state index contributed by atoms with van der Waals surface area (Å²) >= 11 is 6.40. The molecule has 216 valence electrons. The molecule has 0 spiro atoms. The molecule has 0 atom stereocenters. The van der Waals surface area contributed by atoms with Crippen LogP contribution in [-0.4, -0.2) is 42.0 Å². The summed E-state index contributed by atoms with van der Waals surface area (Å²) in [5.74, 6) is 0.426. The number of nitrogens with zero attached hydrogens (tertiary/aromatic N) is 3. The van der Waals surface area contributed by atoms with Gasteiger partial charge in [-0.3, -0.25) is 4.90 Å². The third-order valence-corrected chi connectivity index (χ3v) is 8.84. The molecular weight excluding hydrogens is 547 g/mol. The van der Waals surface area contributed by atoms with Crippen molar-refractivity contribution in [2.45, 2.75) is 51.4 Å². The number of alkyl halides is 3. The Morgan fingerprint density at radius 2 is 1.59 bits per heavy atom. The lowest BCUT2D eigenvalue weighted by Crippen LogP contribution is -2.33. The molecule has 3 heterocycles. The molecular formula is C33H35ClF3N3O. The highest BCUT2D eigenvalue weighted by Gasteiger charge is 2.31. The normalized spacial score (nSPS) is 17.3. The highest BCUT2D eigenvalue weighted by Crippen LogP contribution is 2.35. The van der Waals surface area contributed by atoms with Gasteiger partial charge in [0, 0.05) is 41.9 Å². The van der Waals surface area contributed by atoms with Crippen LogP contribution >= 0.6 is 11.6 Å². The molecule has 4 nitrogen and oxygen atoms in total. The quantitative estimate of drug-likeness (QED) is 0.218. The van der Waals surface area contributed by atoms with E-state index in [0.29, 0.717) is 5.92 Å². The van der Waals surface area contributed by atoms with Crippen LogP contribution in [0.5, 0.6) is 5.75 Å². The van der Waals surface area contributed by atoms with E-state index in [1.165, 1.54) is 53.6 Å². The van der Waals surface area contributed by atoms with Crippen LogP contribution in [0.25, 0.3) is 16.6 Å². The van der Waals surface area contributed by atoms with Crippen molar-refractivity contribution in [1.82, 2.24) is 9.47 Å². The maximum Gasteiger partial charge on any atom is 0.573 e. The Bertz CT molecular complexity index is 1470. The first-order valence-electron chi connectivity index (χ1n) is 14.5. The zero-order valence-corrected chi connectivity index (χ0v) is 23.8. The predicted octanol–water partition coefficient (Wildman–Crippen LogP) is 8.63. The second-order valence-electron chi connectivity index (χ2n) is 11.3. The lowest BCUT2D eigenvalue weighted by Gasteiger charge is -2.32. The fourth-order valence-electron chi connectivity index (χ4n) is 6.34. The molecule has 4 aromatic rings. The predicted molar refractivity (Wildman–Crippen MR) is 159 cm³/mol. The maximum atomic E-state index is 12.7. The Labute approximate surface area is 244 Å². The third kappa shape index (κ3) is 6.68. The van der Waals surface area contributed by atoms with Crippen molar-refractivity contribution >= 4 is 28.2 Å². The standard InChI is InChI=1S/C33H35ClF3N3O/c34-30-7-3-2-6-26(30)20-24-14-18-38(19-15-24)22-25-8-13-29-31(21-25)40(23-32(29)39-16-4-1-5-17-39)27-9-11-28(12-10-27)41-33(35,36)37/h2-3,6-13,21,23-24H,1,4-5,14-20,22H2. The largest absolute Gasteiger partial charge is 0.573 e. The second kappa shape index (κ2) is 12.0. The lowest BCUT2D eigenvalue weighted by atomic mass is 9.90. The summed E-state index contributed by atoms with van der Waals surface area (Å²) in [5.41, 5.74) is 5.54. The average Bonchev–Trinajstić information content (AvgIpc) is 3.34. The first-order chi connectivity index (χ1) is 19.8. The van der Waals surface area contributed by atoms with E-state index in [2.05, 4.69) is 55.6 Å². The Kier molecular flexibility index (Phi) is 8.18. The highest BCUT2D eigenvalue weighted by molar-refractivity contribution is 6.31. The van der Waals surface area contributed by atoms with Gasteiger partial charge in [0.1, 0.15) is 5.75 Å². The molecule has 2 fully saturated rings. The summed E-state index contributed by atoms with van der Waals surface area (Å²) in [6, 6.07) is 21.0. The van der Waals surface area contributed by atoms with Gasteiger partial charge < -0.3 is 14.2 Å². The molecule has 0 unspecified atom stereocenters. The molecule has 6 rings (SSSR count). The first-order valence-corrected chi connectivity index (χ1v) is 14.9. The van der Waals surface area contributed by atoms with E-state index in [1.54, 1.807) is 12.1 Å². The molecule has 0 radical (unpaired) electrons. The number of hydrogen-bond acceptors (Lipinski definition) is 3.